The molecular weight excluding hydrogens is 1200 g/mol. The second-order valence-corrected chi connectivity index (χ2v) is 27.5. The highest BCUT2D eigenvalue weighted by atomic mass is 16.8. The van der Waals surface area contributed by atoms with E-state index in [-0.39, 0.29) is 18.9 Å². The van der Waals surface area contributed by atoms with Gasteiger partial charge < -0.3 is 89.9 Å². The van der Waals surface area contributed by atoms with E-state index >= 15 is 0 Å². The monoisotopic (exact) mass is 1340 g/mol. The van der Waals surface area contributed by atoms with Crippen LogP contribution in [0.4, 0.5) is 0 Å². The lowest BCUT2D eigenvalue weighted by molar-refractivity contribution is -0.379. The molecule has 12 N–H and O–H groups in total. The highest BCUT2D eigenvalue weighted by Gasteiger charge is 2.53. The maximum atomic E-state index is 13.4. The van der Waals surface area contributed by atoms with Gasteiger partial charge in [-0.2, -0.15) is 0 Å². The van der Waals surface area contributed by atoms with E-state index in [1.807, 2.05) is 6.08 Å². The van der Waals surface area contributed by atoms with E-state index in [1.165, 1.54) is 225 Å². The molecule has 3 rings (SSSR count). The van der Waals surface area contributed by atoms with Gasteiger partial charge in [-0.1, -0.05) is 288 Å². The first-order chi connectivity index (χ1) is 45.8. The molecule has 19 heteroatoms. The van der Waals surface area contributed by atoms with E-state index in [0.29, 0.717) is 12.8 Å². The molecule has 3 aliphatic rings. The zero-order valence-corrected chi connectivity index (χ0v) is 58.7. The van der Waals surface area contributed by atoms with Crippen molar-refractivity contribution in [3.63, 3.8) is 0 Å². The van der Waals surface area contributed by atoms with Crippen LogP contribution >= 0.6 is 0 Å². The van der Waals surface area contributed by atoms with E-state index in [4.69, 9.17) is 28.4 Å². The summed E-state index contributed by atoms with van der Waals surface area (Å²) in [6.07, 6.45) is 41.3. The summed E-state index contributed by atoms with van der Waals surface area (Å²) in [4.78, 5) is 13.4. The minimum absolute atomic E-state index is 0.236. The topological polar surface area (TPSA) is 307 Å². The van der Waals surface area contributed by atoms with Crippen LogP contribution < -0.4 is 5.32 Å². The third-order valence-corrected chi connectivity index (χ3v) is 19.2. The Hall–Kier alpha value is -1.99. The molecule has 3 fully saturated rings. The molecule has 0 aromatic carbocycles. The van der Waals surface area contributed by atoms with Crippen LogP contribution in [-0.4, -0.2) is 193 Å². The van der Waals surface area contributed by atoms with Crippen molar-refractivity contribution in [2.45, 2.75) is 407 Å². The first-order valence-electron chi connectivity index (χ1n) is 38.2. The average molecular weight is 1340 g/mol. The van der Waals surface area contributed by atoms with Gasteiger partial charge in [0.1, 0.15) is 73.2 Å². The molecule has 17 atom stereocenters. The number of aliphatic hydroxyl groups is 11. The fourth-order valence-corrected chi connectivity index (χ4v) is 13.0. The maximum absolute atomic E-state index is 13.4. The summed E-state index contributed by atoms with van der Waals surface area (Å²) in [6.45, 7) is 1.75. The van der Waals surface area contributed by atoms with Crippen molar-refractivity contribution in [2.24, 2.45) is 0 Å². The van der Waals surface area contributed by atoms with Gasteiger partial charge in [-0.3, -0.25) is 4.79 Å². The minimum Gasteiger partial charge on any atom is -0.394 e. The number of allylic oxidation sites excluding steroid dienone is 5. The van der Waals surface area contributed by atoms with Gasteiger partial charge in [0.2, 0.25) is 5.91 Å². The number of carbonyl (C=O) groups is 1. The largest absolute Gasteiger partial charge is 0.394 e. The lowest BCUT2D eigenvalue weighted by Gasteiger charge is -2.48. The Morgan fingerprint density at radius 2 is 0.681 bits per heavy atom. The van der Waals surface area contributed by atoms with Crippen LogP contribution in [0.5, 0.6) is 0 Å². The Balaban J connectivity index is 1.42. The summed E-state index contributed by atoms with van der Waals surface area (Å²) < 4.78 is 34.4. The molecule has 3 saturated heterocycles. The van der Waals surface area contributed by atoms with Crippen LogP contribution in [0.1, 0.15) is 303 Å². The Bertz CT molecular complexity index is 1840. The number of nitrogens with one attached hydrogen (secondary N) is 1. The number of unbranched alkanes of at least 4 members (excludes halogenated alkanes) is 40. The van der Waals surface area contributed by atoms with Crippen LogP contribution in [0.25, 0.3) is 0 Å². The summed E-state index contributed by atoms with van der Waals surface area (Å²) in [5.41, 5.74) is 0. The van der Waals surface area contributed by atoms with Crippen molar-refractivity contribution >= 4 is 5.91 Å². The summed E-state index contributed by atoms with van der Waals surface area (Å²) in [6, 6.07) is -0.995. The molecule has 0 spiro atoms. The van der Waals surface area contributed by atoms with Gasteiger partial charge >= 0.3 is 0 Å². The van der Waals surface area contributed by atoms with Crippen LogP contribution in [0, 0.1) is 0 Å². The van der Waals surface area contributed by atoms with Gasteiger partial charge in [0.25, 0.3) is 0 Å². The summed E-state index contributed by atoms with van der Waals surface area (Å²) in [5.74, 6) is -0.284. The standard InChI is InChI=1S/C75H139NO18/c1-3-5-7-9-11-13-15-17-19-21-23-25-26-27-28-29-30-31-33-34-36-38-40-42-44-46-48-50-52-59(80)58(76-63(81)53-51-49-47-45-43-41-39-37-35-32-24-22-20-18-16-14-12-10-8-6-4-2)57-89-73-69(87)66(84)71(61(55-78)91-73)94-75-70(88)67(85)72(62(56-79)92-75)93-74-68(86)65(83)64(82)60(54-77)90-74/h34,36,42,44,50,52,58-62,64-75,77-80,82-88H,3-33,35,37-41,43,45-49,51,53-57H2,1-2H3,(H,76,81)/b36-34+,44-42+,52-50+. The number of hydrogen-bond donors (Lipinski definition) is 12. The third kappa shape index (κ3) is 37.4. The first-order valence-corrected chi connectivity index (χ1v) is 38.2. The van der Waals surface area contributed by atoms with Crippen molar-refractivity contribution in [2.75, 3.05) is 26.4 Å². The molecule has 3 heterocycles. The second-order valence-electron chi connectivity index (χ2n) is 27.5. The Kier molecular flexibility index (Phi) is 52.0. The van der Waals surface area contributed by atoms with Crippen LogP contribution in [0.3, 0.4) is 0 Å². The summed E-state index contributed by atoms with van der Waals surface area (Å²) in [7, 11) is 0. The molecule has 0 aromatic heterocycles. The number of amides is 1. The Labute approximate surface area is 568 Å². The highest BCUT2D eigenvalue weighted by Crippen LogP contribution is 2.33. The van der Waals surface area contributed by atoms with Gasteiger partial charge in [0.15, 0.2) is 18.9 Å². The SMILES string of the molecule is CCCCCCCCCCCCCCCCCCCC/C=C/CC/C=C/CC/C=C/C(O)C(COC1OC(CO)C(OC2OC(CO)C(OC3OC(CO)C(O)C(O)C3O)C(O)C2O)C(O)C1O)NC(=O)CCCCCCCCCCCCCCCCCCCCCCC. The van der Waals surface area contributed by atoms with Crippen molar-refractivity contribution in [1.82, 2.24) is 5.32 Å². The number of aliphatic hydroxyl groups excluding tert-OH is 11. The molecule has 552 valence electrons. The van der Waals surface area contributed by atoms with E-state index < -0.39 is 124 Å². The Morgan fingerprint density at radius 3 is 1.06 bits per heavy atom. The van der Waals surface area contributed by atoms with Crippen LogP contribution in [0.2, 0.25) is 0 Å². The average Bonchev–Trinajstić information content (AvgIpc) is 0.787. The predicted octanol–water partition coefficient (Wildman–Crippen LogP) is 11.6. The molecule has 94 heavy (non-hydrogen) atoms. The molecule has 0 aliphatic carbocycles. The molecule has 0 bridgehead atoms. The predicted molar refractivity (Wildman–Crippen MR) is 369 cm³/mol. The molecule has 0 aromatic rings. The highest BCUT2D eigenvalue weighted by molar-refractivity contribution is 5.76. The molecule has 0 radical (unpaired) electrons. The van der Waals surface area contributed by atoms with E-state index in [0.717, 1.165) is 44.9 Å². The number of hydrogen-bond acceptors (Lipinski definition) is 18. The van der Waals surface area contributed by atoms with E-state index in [2.05, 4.69) is 43.5 Å². The van der Waals surface area contributed by atoms with Crippen molar-refractivity contribution in [1.29, 1.82) is 0 Å². The summed E-state index contributed by atoms with van der Waals surface area (Å²) in [5, 5.41) is 121. The van der Waals surface area contributed by atoms with Crippen LogP contribution in [-0.2, 0) is 33.2 Å². The number of carbonyl (C=O) groups excluding carboxylic acids is 1. The fourth-order valence-electron chi connectivity index (χ4n) is 13.0. The first kappa shape index (κ1) is 86.2. The minimum atomic E-state index is -1.98. The van der Waals surface area contributed by atoms with Crippen LogP contribution in [0.15, 0.2) is 36.5 Å². The maximum Gasteiger partial charge on any atom is 0.220 e. The second kappa shape index (κ2) is 56.7. The molecule has 17 unspecified atom stereocenters. The van der Waals surface area contributed by atoms with Crippen molar-refractivity contribution in [3.05, 3.63) is 36.5 Å². The molecule has 0 saturated carbocycles. The van der Waals surface area contributed by atoms with E-state index in [1.54, 1.807) is 6.08 Å². The van der Waals surface area contributed by atoms with Gasteiger partial charge in [0.05, 0.1) is 38.6 Å². The zero-order chi connectivity index (χ0) is 68.2. The lowest BCUT2D eigenvalue weighted by atomic mass is 9.96. The molecule has 1 amide bonds. The quantitative estimate of drug-likeness (QED) is 0.0199. The lowest BCUT2D eigenvalue weighted by Crippen LogP contribution is -2.66. The summed E-state index contributed by atoms with van der Waals surface area (Å²) >= 11 is 0. The smallest absolute Gasteiger partial charge is 0.220 e. The zero-order valence-electron chi connectivity index (χ0n) is 58.7. The molecule has 19 nitrogen and oxygen atoms in total. The number of ether oxygens (including phenoxy) is 6. The molecule has 3 aliphatic heterocycles. The number of rotatable bonds is 60. The van der Waals surface area contributed by atoms with Gasteiger partial charge in [-0.25, -0.2) is 0 Å². The van der Waals surface area contributed by atoms with E-state index in [9.17, 15) is 61.0 Å². The normalized spacial score (nSPS) is 27.5. The Morgan fingerprint density at radius 1 is 0.372 bits per heavy atom. The third-order valence-electron chi connectivity index (χ3n) is 19.2. The van der Waals surface area contributed by atoms with Gasteiger partial charge in [-0.05, 0) is 44.9 Å². The fraction of sp³-hybridized carbons (Fsp3) is 0.907. The van der Waals surface area contributed by atoms with Crippen molar-refractivity contribution < 1.29 is 89.4 Å². The van der Waals surface area contributed by atoms with Crippen molar-refractivity contribution in [3.8, 4) is 0 Å². The molecular formula is C75H139NO18. The van der Waals surface area contributed by atoms with Gasteiger partial charge in [-0.15, -0.1) is 0 Å². The van der Waals surface area contributed by atoms with Gasteiger partial charge in [0, 0.05) is 6.42 Å².